The molecule has 0 bridgehead atoms. The van der Waals surface area contributed by atoms with Crippen molar-refractivity contribution < 1.29 is 28.2 Å². The summed E-state index contributed by atoms with van der Waals surface area (Å²) in [6.45, 7) is 0.575. The van der Waals surface area contributed by atoms with Crippen LogP contribution in [-0.4, -0.2) is 60.3 Å². The summed E-state index contributed by atoms with van der Waals surface area (Å²) in [4.78, 5) is 21.9. The van der Waals surface area contributed by atoms with Crippen LogP contribution < -0.4 is 10.6 Å². The highest BCUT2D eigenvalue weighted by atomic mass is 32.2. The highest BCUT2D eigenvalue weighted by Crippen LogP contribution is 2.18. The number of aliphatic carboxylic acids is 1. The second-order valence-corrected chi connectivity index (χ2v) is 7.17. The molecule has 0 aliphatic carbocycles. The second kappa shape index (κ2) is 5.74. The molecule has 0 aromatic carbocycles. The number of rotatable bonds is 5. The van der Waals surface area contributed by atoms with Crippen LogP contribution in [0, 0.1) is 0 Å². The van der Waals surface area contributed by atoms with Crippen LogP contribution in [0.25, 0.3) is 0 Å². The standard InChI is InChI=1S/C10H18N2O6S/c1-10(16,8(13)14)6-12-9(15)11-5-7-3-2-4-19(7,17)18/h7,16H,2-6H2,1H3,(H,13,14)(H2,11,12,15). The Morgan fingerprint density at radius 1 is 1.37 bits per heavy atom. The number of urea groups is 1. The monoisotopic (exact) mass is 294 g/mol. The molecule has 2 atom stereocenters. The first-order valence-corrected chi connectivity index (χ1v) is 7.56. The van der Waals surface area contributed by atoms with Gasteiger partial charge in [-0.2, -0.15) is 0 Å². The molecule has 8 nitrogen and oxygen atoms in total. The summed E-state index contributed by atoms with van der Waals surface area (Å²) in [5, 5.41) is 21.9. The van der Waals surface area contributed by atoms with Gasteiger partial charge in [0.1, 0.15) is 0 Å². The van der Waals surface area contributed by atoms with Gasteiger partial charge in [-0.05, 0) is 19.8 Å². The molecular formula is C10H18N2O6S. The molecule has 1 rings (SSSR count). The Morgan fingerprint density at radius 2 is 2.00 bits per heavy atom. The number of hydrogen-bond acceptors (Lipinski definition) is 5. The SMILES string of the molecule is CC(O)(CNC(=O)NCC1CCCS1(=O)=O)C(=O)O. The number of amides is 2. The predicted octanol–water partition coefficient (Wildman–Crippen LogP) is -1.30. The number of carbonyl (C=O) groups is 2. The Hall–Kier alpha value is -1.35. The summed E-state index contributed by atoms with van der Waals surface area (Å²) in [7, 11) is -3.13. The number of carboxylic acids is 1. The maximum atomic E-state index is 11.5. The van der Waals surface area contributed by atoms with E-state index in [1.165, 1.54) is 0 Å². The summed E-state index contributed by atoms with van der Waals surface area (Å²) in [6, 6.07) is -0.705. The molecule has 1 aliphatic heterocycles. The molecule has 2 amide bonds. The Labute approximate surface area is 111 Å². The lowest BCUT2D eigenvalue weighted by Gasteiger charge is -2.19. The molecule has 0 spiro atoms. The summed E-state index contributed by atoms with van der Waals surface area (Å²) < 4.78 is 23.0. The minimum absolute atomic E-state index is 0.0105. The Kier molecular flexibility index (Phi) is 4.75. The molecule has 1 saturated heterocycles. The van der Waals surface area contributed by atoms with E-state index in [1.54, 1.807) is 0 Å². The van der Waals surface area contributed by atoms with Crippen LogP contribution >= 0.6 is 0 Å². The van der Waals surface area contributed by atoms with E-state index in [2.05, 4.69) is 10.6 Å². The lowest BCUT2D eigenvalue weighted by atomic mass is 10.1. The average Bonchev–Trinajstić information content (AvgIpc) is 2.63. The minimum Gasteiger partial charge on any atom is -0.479 e. The second-order valence-electron chi connectivity index (χ2n) is 4.77. The number of carbonyl (C=O) groups excluding carboxylic acids is 1. The van der Waals surface area contributed by atoms with Crippen molar-refractivity contribution in [3.8, 4) is 0 Å². The molecule has 4 N–H and O–H groups in total. The first-order valence-electron chi connectivity index (χ1n) is 5.84. The number of sulfone groups is 1. The molecular weight excluding hydrogens is 276 g/mol. The highest BCUT2D eigenvalue weighted by Gasteiger charge is 2.32. The lowest BCUT2D eigenvalue weighted by Crippen LogP contribution is -2.50. The van der Waals surface area contributed by atoms with E-state index in [-0.39, 0.29) is 12.3 Å². The first kappa shape index (κ1) is 15.7. The van der Waals surface area contributed by atoms with Crippen LogP contribution in [0.5, 0.6) is 0 Å². The molecule has 0 aromatic rings. The number of nitrogens with one attached hydrogen (secondary N) is 2. The van der Waals surface area contributed by atoms with Crippen molar-refractivity contribution in [2.45, 2.75) is 30.6 Å². The van der Waals surface area contributed by atoms with Gasteiger partial charge in [-0.1, -0.05) is 0 Å². The Bertz CT molecular complexity index is 459. The van der Waals surface area contributed by atoms with E-state index in [0.29, 0.717) is 12.8 Å². The van der Waals surface area contributed by atoms with Crippen molar-refractivity contribution in [2.75, 3.05) is 18.8 Å². The Balaban J connectivity index is 2.35. The topological polar surface area (TPSA) is 133 Å². The summed E-state index contributed by atoms with van der Waals surface area (Å²) in [5.74, 6) is -1.32. The normalized spacial score (nSPS) is 24.4. The van der Waals surface area contributed by atoms with E-state index >= 15 is 0 Å². The molecule has 9 heteroatoms. The maximum Gasteiger partial charge on any atom is 0.337 e. The quantitative estimate of drug-likeness (QED) is 0.498. The van der Waals surface area contributed by atoms with Crippen LogP contribution in [0.15, 0.2) is 0 Å². The zero-order valence-corrected chi connectivity index (χ0v) is 11.4. The maximum absolute atomic E-state index is 11.5. The lowest BCUT2D eigenvalue weighted by molar-refractivity contribution is -0.155. The van der Waals surface area contributed by atoms with Crippen LogP contribution in [0.2, 0.25) is 0 Å². The van der Waals surface area contributed by atoms with Gasteiger partial charge in [0.15, 0.2) is 15.4 Å². The predicted molar refractivity (Wildman–Crippen MR) is 66.5 cm³/mol. The van der Waals surface area contributed by atoms with Crippen molar-refractivity contribution in [2.24, 2.45) is 0 Å². The van der Waals surface area contributed by atoms with Gasteiger partial charge in [0.2, 0.25) is 0 Å². The molecule has 1 aliphatic rings. The van der Waals surface area contributed by atoms with Gasteiger partial charge in [-0.25, -0.2) is 18.0 Å². The van der Waals surface area contributed by atoms with Crippen LogP contribution in [0.1, 0.15) is 19.8 Å². The van der Waals surface area contributed by atoms with Gasteiger partial charge in [0, 0.05) is 6.54 Å². The molecule has 0 saturated carbocycles. The molecule has 0 radical (unpaired) electrons. The zero-order chi connectivity index (χ0) is 14.7. The van der Waals surface area contributed by atoms with Gasteiger partial charge in [-0.15, -0.1) is 0 Å². The zero-order valence-electron chi connectivity index (χ0n) is 10.5. The minimum atomic E-state index is -3.13. The molecule has 110 valence electrons. The largest absolute Gasteiger partial charge is 0.479 e. The number of carboxylic acid groups (broad SMARTS) is 1. The number of aliphatic hydroxyl groups is 1. The van der Waals surface area contributed by atoms with Crippen molar-refractivity contribution in [1.29, 1.82) is 0 Å². The van der Waals surface area contributed by atoms with E-state index in [9.17, 15) is 23.1 Å². The smallest absolute Gasteiger partial charge is 0.337 e. The van der Waals surface area contributed by atoms with E-state index in [4.69, 9.17) is 5.11 Å². The third-order valence-electron chi connectivity index (χ3n) is 3.01. The third kappa shape index (κ3) is 4.35. The molecule has 0 aromatic heterocycles. The number of hydrogen-bond donors (Lipinski definition) is 4. The van der Waals surface area contributed by atoms with Gasteiger partial charge < -0.3 is 20.8 Å². The van der Waals surface area contributed by atoms with E-state index in [0.717, 1.165) is 6.92 Å². The average molecular weight is 294 g/mol. The molecule has 19 heavy (non-hydrogen) atoms. The summed E-state index contributed by atoms with van der Waals surface area (Å²) >= 11 is 0. The van der Waals surface area contributed by atoms with Crippen molar-refractivity contribution in [3.63, 3.8) is 0 Å². The summed E-state index contributed by atoms with van der Waals surface area (Å²) in [5.41, 5.74) is -2.06. The molecule has 2 unspecified atom stereocenters. The Morgan fingerprint density at radius 3 is 2.47 bits per heavy atom. The highest BCUT2D eigenvalue weighted by molar-refractivity contribution is 7.92. The fourth-order valence-electron chi connectivity index (χ4n) is 1.68. The molecule has 1 fully saturated rings. The van der Waals surface area contributed by atoms with Crippen LogP contribution in [0.3, 0.4) is 0 Å². The van der Waals surface area contributed by atoms with Gasteiger partial charge in [0.25, 0.3) is 0 Å². The van der Waals surface area contributed by atoms with E-state index < -0.39 is 39.2 Å². The van der Waals surface area contributed by atoms with Crippen LogP contribution in [0.4, 0.5) is 4.79 Å². The van der Waals surface area contributed by atoms with Gasteiger partial charge >= 0.3 is 12.0 Å². The molecule has 1 heterocycles. The van der Waals surface area contributed by atoms with Gasteiger partial charge in [0.05, 0.1) is 17.5 Å². The van der Waals surface area contributed by atoms with Crippen molar-refractivity contribution in [3.05, 3.63) is 0 Å². The van der Waals surface area contributed by atoms with E-state index in [1.807, 2.05) is 0 Å². The van der Waals surface area contributed by atoms with Crippen molar-refractivity contribution >= 4 is 21.8 Å². The third-order valence-corrected chi connectivity index (χ3v) is 5.28. The summed E-state index contributed by atoms with van der Waals surface area (Å²) in [6.07, 6.45) is 1.10. The fraction of sp³-hybridized carbons (Fsp3) is 0.800. The van der Waals surface area contributed by atoms with Crippen LogP contribution in [-0.2, 0) is 14.6 Å². The van der Waals surface area contributed by atoms with Crippen molar-refractivity contribution in [1.82, 2.24) is 10.6 Å². The fourth-order valence-corrected chi connectivity index (χ4v) is 3.45. The first-order chi connectivity index (χ1) is 8.65. The van der Waals surface area contributed by atoms with Gasteiger partial charge in [-0.3, -0.25) is 0 Å².